The molecule has 3 heteroatoms. The standard InChI is InChI=1S/C15H18O3/c1-11(16)15(18,12-7-3-2-4-8-12)13-9-5-6-10-14(13)17/h2-4,7-8,13,18H,5-6,9-10H2,1H3. The molecule has 1 saturated carbocycles. The van der Waals surface area contributed by atoms with Gasteiger partial charge in [-0.05, 0) is 25.3 Å². The summed E-state index contributed by atoms with van der Waals surface area (Å²) in [6.45, 7) is 1.36. The molecule has 1 aliphatic carbocycles. The molecule has 1 aromatic rings. The number of hydrogen-bond donors (Lipinski definition) is 1. The zero-order valence-electron chi connectivity index (χ0n) is 10.6. The molecule has 1 aromatic carbocycles. The molecule has 0 heterocycles. The molecule has 0 aliphatic heterocycles. The van der Waals surface area contributed by atoms with Crippen LogP contribution in [-0.4, -0.2) is 16.7 Å². The minimum atomic E-state index is -1.65. The van der Waals surface area contributed by atoms with Crippen LogP contribution in [0.5, 0.6) is 0 Å². The molecule has 1 aliphatic rings. The van der Waals surface area contributed by atoms with Crippen LogP contribution < -0.4 is 0 Å². The van der Waals surface area contributed by atoms with Gasteiger partial charge in [-0.3, -0.25) is 9.59 Å². The van der Waals surface area contributed by atoms with Crippen LogP contribution in [0, 0.1) is 5.92 Å². The van der Waals surface area contributed by atoms with E-state index < -0.39 is 11.5 Å². The Kier molecular flexibility index (Phi) is 3.62. The van der Waals surface area contributed by atoms with Gasteiger partial charge in [-0.15, -0.1) is 0 Å². The summed E-state index contributed by atoms with van der Waals surface area (Å²) in [6, 6.07) is 8.80. The van der Waals surface area contributed by atoms with Crippen LogP contribution in [0.4, 0.5) is 0 Å². The molecule has 2 rings (SSSR count). The van der Waals surface area contributed by atoms with E-state index >= 15 is 0 Å². The summed E-state index contributed by atoms with van der Waals surface area (Å²) >= 11 is 0. The zero-order valence-corrected chi connectivity index (χ0v) is 10.6. The van der Waals surface area contributed by atoms with E-state index in [1.807, 2.05) is 6.07 Å². The lowest BCUT2D eigenvalue weighted by atomic mass is 9.71. The molecular formula is C15H18O3. The molecule has 0 aromatic heterocycles. The summed E-state index contributed by atoms with van der Waals surface area (Å²) in [6.07, 6.45) is 2.80. The van der Waals surface area contributed by atoms with Crippen LogP contribution in [0.2, 0.25) is 0 Å². The number of hydrogen-bond acceptors (Lipinski definition) is 3. The van der Waals surface area contributed by atoms with Gasteiger partial charge in [0.25, 0.3) is 0 Å². The topological polar surface area (TPSA) is 54.4 Å². The van der Waals surface area contributed by atoms with Gasteiger partial charge in [0.2, 0.25) is 0 Å². The first-order chi connectivity index (χ1) is 8.56. The average Bonchev–Trinajstić information content (AvgIpc) is 2.39. The number of rotatable bonds is 3. The lowest BCUT2D eigenvalue weighted by molar-refractivity contribution is -0.152. The van der Waals surface area contributed by atoms with Crippen molar-refractivity contribution in [2.45, 2.75) is 38.2 Å². The van der Waals surface area contributed by atoms with Gasteiger partial charge in [-0.1, -0.05) is 36.8 Å². The fraction of sp³-hybridized carbons (Fsp3) is 0.467. The normalized spacial score (nSPS) is 23.4. The Morgan fingerprint density at radius 3 is 2.50 bits per heavy atom. The van der Waals surface area contributed by atoms with Gasteiger partial charge in [0.05, 0.1) is 5.92 Å². The fourth-order valence-electron chi connectivity index (χ4n) is 2.77. The fourth-order valence-corrected chi connectivity index (χ4v) is 2.77. The summed E-state index contributed by atoms with van der Waals surface area (Å²) in [7, 11) is 0. The quantitative estimate of drug-likeness (QED) is 0.889. The Labute approximate surface area is 107 Å². The first-order valence-corrected chi connectivity index (χ1v) is 6.38. The second-order valence-electron chi connectivity index (χ2n) is 4.95. The smallest absolute Gasteiger partial charge is 0.166 e. The molecule has 0 amide bonds. The molecule has 96 valence electrons. The Balaban J connectivity index is 2.44. The van der Waals surface area contributed by atoms with E-state index in [4.69, 9.17) is 0 Å². The summed E-state index contributed by atoms with van der Waals surface area (Å²) < 4.78 is 0. The highest BCUT2D eigenvalue weighted by Gasteiger charge is 2.46. The van der Waals surface area contributed by atoms with Crippen molar-refractivity contribution in [1.82, 2.24) is 0 Å². The number of ketones is 2. The molecule has 0 radical (unpaired) electrons. The molecule has 1 fully saturated rings. The molecule has 2 atom stereocenters. The van der Waals surface area contributed by atoms with Crippen LogP contribution in [-0.2, 0) is 15.2 Å². The highest BCUT2D eigenvalue weighted by molar-refractivity contribution is 5.94. The van der Waals surface area contributed by atoms with Crippen LogP contribution in [0.3, 0.4) is 0 Å². The average molecular weight is 246 g/mol. The van der Waals surface area contributed by atoms with Crippen molar-refractivity contribution >= 4 is 11.6 Å². The SMILES string of the molecule is CC(=O)C(O)(c1ccccc1)C1CCCCC1=O. The van der Waals surface area contributed by atoms with E-state index in [2.05, 4.69) is 0 Å². The Bertz CT molecular complexity index is 452. The molecular weight excluding hydrogens is 228 g/mol. The van der Waals surface area contributed by atoms with Crippen molar-refractivity contribution in [3.05, 3.63) is 35.9 Å². The maximum Gasteiger partial charge on any atom is 0.166 e. The minimum absolute atomic E-state index is 0.00260. The monoisotopic (exact) mass is 246 g/mol. The Morgan fingerprint density at radius 1 is 1.28 bits per heavy atom. The van der Waals surface area contributed by atoms with E-state index in [-0.39, 0.29) is 11.6 Å². The summed E-state index contributed by atoms with van der Waals surface area (Å²) in [4.78, 5) is 23.9. The molecule has 2 unspecified atom stereocenters. The lowest BCUT2D eigenvalue weighted by Crippen LogP contribution is -2.46. The summed E-state index contributed by atoms with van der Waals surface area (Å²) in [5.74, 6) is -0.942. The third kappa shape index (κ3) is 2.10. The van der Waals surface area contributed by atoms with Crippen molar-refractivity contribution < 1.29 is 14.7 Å². The van der Waals surface area contributed by atoms with Gasteiger partial charge < -0.3 is 5.11 Å². The maximum atomic E-state index is 12.0. The number of Topliss-reactive ketones (excluding diaryl/α,β-unsaturated/α-hetero) is 2. The zero-order chi connectivity index (χ0) is 13.2. The number of carbonyl (C=O) groups is 2. The molecule has 3 nitrogen and oxygen atoms in total. The van der Waals surface area contributed by atoms with E-state index in [9.17, 15) is 14.7 Å². The second-order valence-corrected chi connectivity index (χ2v) is 4.95. The maximum absolute atomic E-state index is 12.0. The second kappa shape index (κ2) is 5.02. The molecule has 0 bridgehead atoms. The van der Waals surface area contributed by atoms with E-state index in [1.54, 1.807) is 24.3 Å². The van der Waals surface area contributed by atoms with Gasteiger partial charge in [-0.2, -0.15) is 0 Å². The Hall–Kier alpha value is -1.48. The van der Waals surface area contributed by atoms with Gasteiger partial charge in [-0.25, -0.2) is 0 Å². The van der Waals surface area contributed by atoms with Crippen LogP contribution in [0.15, 0.2) is 30.3 Å². The first-order valence-electron chi connectivity index (χ1n) is 6.38. The van der Waals surface area contributed by atoms with Crippen LogP contribution in [0.25, 0.3) is 0 Å². The van der Waals surface area contributed by atoms with Crippen LogP contribution >= 0.6 is 0 Å². The van der Waals surface area contributed by atoms with Gasteiger partial charge >= 0.3 is 0 Å². The molecule has 18 heavy (non-hydrogen) atoms. The summed E-state index contributed by atoms with van der Waals surface area (Å²) in [5.41, 5.74) is -1.13. The molecule has 1 N–H and O–H groups in total. The van der Waals surface area contributed by atoms with Crippen molar-refractivity contribution in [2.24, 2.45) is 5.92 Å². The third-order valence-electron chi connectivity index (χ3n) is 3.81. The Morgan fingerprint density at radius 2 is 1.94 bits per heavy atom. The first kappa shape index (κ1) is 13.0. The number of carbonyl (C=O) groups excluding carboxylic acids is 2. The molecule has 0 saturated heterocycles. The summed E-state index contributed by atoms with van der Waals surface area (Å²) in [5, 5.41) is 10.8. The van der Waals surface area contributed by atoms with Crippen molar-refractivity contribution in [3.63, 3.8) is 0 Å². The predicted octanol–water partition coefficient (Wildman–Crippen LogP) is 2.22. The number of benzene rings is 1. The van der Waals surface area contributed by atoms with Gasteiger partial charge in [0.1, 0.15) is 5.78 Å². The van der Waals surface area contributed by atoms with Crippen molar-refractivity contribution in [1.29, 1.82) is 0 Å². The van der Waals surface area contributed by atoms with Crippen molar-refractivity contribution in [2.75, 3.05) is 0 Å². The van der Waals surface area contributed by atoms with Crippen molar-refractivity contribution in [3.8, 4) is 0 Å². The van der Waals surface area contributed by atoms with Gasteiger partial charge in [0, 0.05) is 6.42 Å². The lowest BCUT2D eigenvalue weighted by Gasteiger charge is -2.35. The van der Waals surface area contributed by atoms with E-state index in [1.165, 1.54) is 6.92 Å². The van der Waals surface area contributed by atoms with Gasteiger partial charge in [0.15, 0.2) is 11.4 Å². The predicted molar refractivity (Wildman–Crippen MR) is 68.0 cm³/mol. The highest BCUT2D eigenvalue weighted by Crippen LogP contribution is 2.38. The minimum Gasteiger partial charge on any atom is -0.377 e. The van der Waals surface area contributed by atoms with E-state index in [0.29, 0.717) is 18.4 Å². The van der Waals surface area contributed by atoms with Crippen LogP contribution in [0.1, 0.15) is 38.2 Å². The largest absolute Gasteiger partial charge is 0.377 e. The van der Waals surface area contributed by atoms with E-state index in [0.717, 1.165) is 12.8 Å². The molecule has 0 spiro atoms. The highest BCUT2D eigenvalue weighted by atomic mass is 16.3. The number of aliphatic hydroxyl groups is 1. The third-order valence-corrected chi connectivity index (χ3v) is 3.81.